The van der Waals surface area contributed by atoms with Crippen molar-refractivity contribution in [2.24, 2.45) is 5.92 Å². The quantitative estimate of drug-likeness (QED) is 0.537. The van der Waals surface area contributed by atoms with Gasteiger partial charge in [-0.3, -0.25) is 9.88 Å². The van der Waals surface area contributed by atoms with E-state index in [0.29, 0.717) is 6.04 Å². The minimum Gasteiger partial charge on any atom is -0.280 e. The minimum absolute atomic E-state index is 0.245. The standard InChI is InChI=1S/C12H15ClN2/c1-8-2-3-10(6-14-8)11-4-9-5-12(13)15(11)7-9/h2-3,6,9,11-12H,4-5,7H2,1H3/t9-,11+,12+/m0/s1. The normalized spacial score (nSPS) is 38.5. The molecule has 0 amide bonds. The highest BCUT2D eigenvalue weighted by atomic mass is 35.5. The summed E-state index contributed by atoms with van der Waals surface area (Å²) in [5.74, 6) is 0.804. The first-order valence-electron chi connectivity index (χ1n) is 5.56. The molecule has 3 heteroatoms. The van der Waals surface area contributed by atoms with E-state index in [2.05, 4.69) is 22.0 Å². The van der Waals surface area contributed by atoms with Gasteiger partial charge in [0.1, 0.15) is 0 Å². The molecule has 0 aromatic carbocycles. The Morgan fingerprint density at radius 2 is 2.27 bits per heavy atom. The van der Waals surface area contributed by atoms with Crippen molar-refractivity contribution < 1.29 is 0 Å². The maximum atomic E-state index is 6.29. The first-order valence-corrected chi connectivity index (χ1v) is 6.00. The maximum Gasteiger partial charge on any atom is 0.0858 e. The highest BCUT2D eigenvalue weighted by molar-refractivity contribution is 6.20. The molecule has 1 aromatic heterocycles. The van der Waals surface area contributed by atoms with E-state index < -0.39 is 0 Å². The van der Waals surface area contributed by atoms with E-state index in [4.69, 9.17) is 11.6 Å². The molecule has 15 heavy (non-hydrogen) atoms. The lowest BCUT2D eigenvalue weighted by molar-refractivity contribution is 0.239. The van der Waals surface area contributed by atoms with Gasteiger partial charge >= 0.3 is 0 Å². The van der Waals surface area contributed by atoms with E-state index >= 15 is 0 Å². The Bertz CT molecular complexity index is 362. The number of halogens is 1. The van der Waals surface area contributed by atoms with E-state index in [1.165, 1.54) is 18.5 Å². The summed E-state index contributed by atoms with van der Waals surface area (Å²) >= 11 is 6.29. The van der Waals surface area contributed by atoms with Crippen LogP contribution in [0.4, 0.5) is 0 Å². The lowest BCUT2D eigenvalue weighted by Crippen LogP contribution is -2.28. The molecule has 3 rings (SSSR count). The number of hydrogen-bond acceptors (Lipinski definition) is 2. The number of rotatable bonds is 1. The van der Waals surface area contributed by atoms with E-state index in [-0.39, 0.29) is 5.50 Å². The molecule has 3 heterocycles. The Kier molecular flexibility index (Phi) is 2.22. The summed E-state index contributed by atoms with van der Waals surface area (Å²) in [6.45, 7) is 3.20. The molecule has 0 aliphatic carbocycles. The van der Waals surface area contributed by atoms with Crippen LogP contribution < -0.4 is 0 Å². The third-order valence-corrected chi connectivity index (χ3v) is 4.06. The summed E-state index contributed by atoms with van der Waals surface area (Å²) < 4.78 is 0. The SMILES string of the molecule is Cc1ccc([C@H]2C[C@H]3C[C@H](Cl)N2C3)cn1. The van der Waals surface area contributed by atoms with Gasteiger partial charge in [-0.2, -0.15) is 0 Å². The molecule has 2 saturated heterocycles. The molecule has 4 atom stereocenters. The number of alkyl halides is 1. The Labute approximate surface area is 95.3 Å². The van der Waals surface area contributed by atoms with Crippen LogP contribution in [0.15, 0.2) is 18.3 Å². The summed E-state index contributed by atoms with van der Waals surface area (Å²) in [6, 6.07) is 4.79. The van der Waals surface area contributed by atoms with Gasteiger partial charge in [0.25, 0.3) is 0 Å². The summed E-state index contributed by atoms with van der Waals surface area (Å²) in [4.78, 5) is 6.78. The van der Waals surface area contributed by atoms with Crippen LogP contribution in [0.1, 0.15) is 30.1 Å². The van der Waals surface area contributed by atoms with Gasteiger partial charge in [0.05, 0.1) is 5.50 Å². The fraction of sp³-hybridized carbons (Fsp3) is 0.583. The number of aromatic nitrogens is 1. The van der Waals surface area contributed by atoms with Crippen LogP contribution in [0.2, 0.25) is 0 Å². The largest absolute Gasteiger partial charge is 0.280 e. The smallest absolute Gasteiger partial charge is 0.0858 e. The molecule has 0 spiro atoms. The average Bonchev–Trinajstić information content (AvgIpc) is 2.77. The molecule has 2 nitrogen and oxygen atoms in total. The second-order valence-corrected chi connectivity index (χ2v) is 5.22. The molecule has 1 unspecified atom stereocenters. The third kappa shape index (κ3) is 1.56. The zero-order valence-corrected chi connectivity index (χ0v) is 9.61. The summed E-state index contributed by atoms with van der Waals surface area (Å²) in [5, 5.41) is 0. The van der Waals surface area contributed by atoms with Crippen molar-refractivity contribution in [2.45, 2.75) is 31.3 Å². The molecular formula is C12H15ClN2. The number of piperidine rings is 1. The van der Waals surface area contributed by atoms with Crippen LogP contribution in [0.5, 0.6) is 0 Å². The zero-order valence-electron chi connectivity index (χ0n) is 8.86. The lowest BCUT2D eigenvalue weighted by atomic mass is 9.96. The first kappa shape index (κ1) is 9.61. The van der Waals surface area contributed by atoms with Crippen molar-refractivity contribution in [3.8, 4) is 0 Å². The van der Waals surface area contributed by atoms with E-state index in [9.17, 15) is 0 Å². The molecule has 2 aliphatic rings. The molecule has 0 N–H and O–H groups in total. The van der Waals surface area contributed by atoms with Gasteiger partial charge in [0.15, 0.2) is 0 Å². The van der Waals surface area contributed by atoms with Crippen LogP contribution >= 0.6 is 11.6 Å². The van der Waals surface area contributed by atoms with Gasteiger partial charge in [0, 0.05) is 24.5 Å². The van der Waals surface area contributed by atoms with Gasteiger partial charge in [0.2, 0.25) is 0 Å². The second-order valence-electron chi connectivity index (χ2n) is 4.72. The average molecular weight is 223 g/mol. The zero-order chi connectivity index (χ0) is 10.4. The molecule has 0 saturated carbocycles. The highest BCUT2D eigenvalue weighted by Gasteiger charge is 2.43. The van der Waals surface area contributed by atoms with Gasteiger partial charge in [-0.05, 0) is 37.3 Å². The minimum atomic E-state index is 0.245. The summed E-state index contributed by atoms with van der Waals surface area (Å²) in [7, 11) is 0. The van der Waals surface area contributed by atoms with Gasteiger partial charge in [-0.15, -0.1) is 11.6 Å². The third-order valence-electron chi connectivity index (χ3n) is 3.63. The Hall–Kier alpha value is -0.600. The van der Waals surface area contributed by atoms with Crippen molar-refractivity contribution >= 4 is 11.6 Å². The summed E-state index contributed by atoms with van der Waals surface area (Å²) in [6.07, 6.45) is 4.43. The summed E-state index contributed by atoms with van der Waals surface area (Å²) in [5.41, 5.74) is 2.66. The van der Waals surface area contributed by atoms with Crippen molar-refractivity contribution in [1.29, 1.82) is 0 Å². The van der Waals surface area contributed by atoms with Gasteiger partial charge in [-0.1, -0.05) is 6.07 Å². The Morgan fingerprint density at radius 1 is 1.40 bits per heavy atom. The molecule has 80 valence electrons. The van der Waals surface area contributed by atoms with Crippen LogP contribution in [-0.2, 0) is 0 Å². The number of nitrogens with zero attached hydrogens (tertiary/aromatic N) is 2. The van der Waals surface area contributed by atoms with Crippen LogP contribution in [-0.4, -0.2) is 21.9 Å². The van der Waals surface area contributed by atoms with E-state index in [0.717, 1.165) is 18.0 Å². The first-order chi connectivity index (χ1) is 7.24. The highest BCUT2D eigenvalue weighted by Crippen LogP contribution is 2.46. The van der Waals surface area contributed by atoms with Gasteiger partial charge in [-0.25, -0.2) is 0 Å². The van der Waals surface area contributed by atoms with Crippen molar-refractivity contribution in [3.63, 3.8) is 0 Å². The molecule has 0 radical (unpaired) electrons. The Morgan fingerprint density at radius 3 is 2.87 bits per heavy atom. The predicted octanol–water partition coefficient (Wildman–Crippen LogP) is 2.72. The number of fused-ring (bicyclic) bond motifs is 2. The molecular weight excluding hydrogens is 208 g/mol. The van der Waals surface area contributed by atoms with E-state index in [1.54, 1.807) is 0 Å². The van der Waals surface area contributed by atoms with Gasteiger partial charge < -0.3 is 0 Å². The monoisotopic (exact) mass is 222 g/mol. The predicted molar refractivity (Wildman–Crippen MR) is 60.8 cm³/mol. The molecule has 2 bridgehead atoms. The second kappa shape index (κ2) is 3.46. The van der Waals surface area contributed by atoms with Crippen LogP contribution in [0.25, 0.3) is 0 Å². The van der Waals surface area contributed by atoms with Crippen LogP contribution in [0, 0.1) is 12.8 Å². The van der Waals surface area contributed by atoms with Crippen molar-refractivity contribution in [1.82, 2.24) is 9.88 Å². The lowest BCUT2D eigenvalue weighted by Gasteiger charge is -2.28. The topological polar surface area (TPSA) is 16.1 Å². The van der Waals surface area contributed by atoms with Crippen LogP contribution in [0.3, 0.4) is 0 Å². The Balaban J connectivity index is 1.86. The molecule has 2 fully saturated rings. The van der Waals surface area contributed by atoms with E-state index in [1.807, 2.05) is 13.1 Å². The maximum absolute atomic E-state index is 6.29. The number of hydrogen-bond donors (Lipinski definition) is 0. The number of pyridine rings is 1. The number of aryl methyl sites for hydroxylation is 1. The molecule has 2 aliphatic heterocycles. The fourth-order valence-corrected chi connectivity index (χ4v) is 3.31. The molecule has 1 aromatic rings. The van der Waals surface area contributed by atoms with Crippen molar-refractivity contribution in [2.75, 3.05) is 6.54 Å². The van der Waals surface area contributed by atoms with Crippen molar-refractivity contribution in [3.05, 3.63) is 29.6 Å². The fourth-order valence-electron chi connectivity index (χ4n) is 2.85.